The van der Waals surface area contributed by atoms with Crippen molar-refractivity contribution in [3.8, 4) is 0 Å². The number of esters is 1. The lowest BCUT2D eigenvalue weighted by atomic mass is 9.66. The quantitative estimate of drug-likeness (QED) is 0.352. The zero-order chi connectivity index (χ0) is 26.3. The third-order valence-corrected chi connectivity index (χ3v) is 11.0. The van der Waals surface area contributed by atoms with E-state index in [0.29, 0.717) is 13.0 Å². The Morgan fingerprint density at radius 1 is 1.22 bits per heavy atom. The van der Waals surface area contributed by atoms with E-state index in [-0.39, 0.29) is 37.0 Å². The number of carbonyl (C=O) groups is 3. The molecule has 1 saturated carbocycles. The van der Waals surface area contributed by atoms with Crippen LogP contribution in [0.4, 0.5) is 0 Å². The summed E-state index contributed by atoms with van der Waals surface area (Å²) in [4.78, 5) is 45.7. The average Bonchev–Trinajstić information content (AvgIpc) is 3.42. The van der Waals surface area contributed by atoms with E-state index < -0.39 is 39.4 Å². The van der Waals surface area contributed by atoms with E-state index in [9.17, 15) is 19.5 Å². The molecule has 2 amide bonds. The number of hydrogen-bond acceptors (Lipinski definition) is 6. The molecule has 0 radical (unpaired) electrons. The van der Waals surface area contributed by atoms with Crippen LogP contribution >= 0.6 is 11.8 Å². The number of fused-ring (bicyclic) bond motifs is 1. The van der Waals surface area contributed by atoms with Crippen molar-refractivity contribution < 1.29 is 24.2 Å². The van der Waals surface area contributed by atoms with E-state index in [4.69, 9.17) is 4.74 Å². The van der Waals surface area contributed by atoms with Gasteiger partial charge in [-0.2, -0.15) is 0 Å². The molecule has 7 nitrogen and oxygen atoms in total. The Balaban J connectivity index is 1.80. The second-order valence-corrected chi connectivity index (χ2v) is 13.4. The Kier molecular flexibility index (Phi) is 7.96. The standard InChI is InChI=1S/C28H42N2O5S/c1-6-15-29(19-11-9-8-10-12-19)25(33)23-28-14-13-27(5,36-28)22(26(34)35-16-7-2)21(28)24(32)30(23)20(17-31)18(3)4/h6-7,18-23,31H,1-2,8-17H2,3-5H3/t20-,21-,22+,23?,27-,28?/m0/s1. The van der Waals surface area contributed by atoms with Crippen LogP contribution in [-0.2, 0) is 19.1 Å². The first-order valence-corrected chi connectivity index (χ1v) is 14.3. The Labute approximate surface area is 219 Å². The molecule has 6 atom stereocenters. The van der Waals surface area contributed by atoms with Gasteiger partial charge in [-0.15, -0.1) is 18.3 Å². The summed E-state index contributed by atoms with van der Waals surface area (Å²) in [5.74, 6) is -1.96. The highest BCUT2D eigenvalue weighted by Gasteiger charge is 2.78. The van der Waals surface area contributed by atoms with Crippen molar-refractivity contribution in [2.45, 2.75) is 93.3 Å². The third kappa shape index (κ3) is 4.22. The average molecular weight is 519 g/mol. The van der Waals surface area contributed by atoms with Gasteiger partial charge in [0.1, 0.15) is 12.6 Å². The van der Waals surface area contributed by atoms with Gasteiger partial charge in [-0.3, -0.25) is 14.4 Å². The van der Waals surface area contributed by atoms with Gasteiger partial charge in [0.15, 0.2) is 0 Å². The van der Waals surface area contributed by atoms with E-state index in [1.54, 1.807) is 22.7 Å². The molecule has 200 valence electrons. The van der Waals surface area contributed by atoms with E-state index in [2.05, 4.69) is 13.2 Å². The summed E-state index contributed by atoms with van der Waals surface area (Å²) in [5, 5.41) is 10.4. The van der Waals surface area contributed by atoms with Gasteiger partial charge in [0.05, 0.1) is 29.2 Å². The first-order chi connectivity index (χ1) is 17.2. The maximum atomic E-state index is 14.6. The van der Waals surface area contributed by atoms with Crippen LogP contribution in [0.2, 0.25) is 0 Å². The number of aliphatic hydroxyl groups excluding tert-OH is 1. The smallest absolute Gasteiger partial charge is 0.311 e. The first-order valence-electron chi connectivity index (χ1n) is 13.5. The molecule has 3 heterocycles. The van der Waals surface area contributed by atoms with Gasteiger partial charge >= 0.3 is 5.97 Å². The van der Waals surface area contributed by atoms with Gasteiger partial charge in [-0.25, -0.2) is 0 Å². The van der Waals surface area contributed by atoms with Crippen molar-refractivity contribution in [1.82, 2.24) is 9.80 Å². The zero-order valence-corrected chi connectivity index (χ0v) is 22.8. The highest BCUT2D eigenvalue weighted by atomic mass is 32.2. The lowest BCUT2D eigenvalue weighted by molar-refractivity contribution is -0.155. The molecule has 3 saturated heterocycles. The van der Waals surface area contributed by atoms with E-state index >= 15 is 0 Å². The number of hydrogen-bond donors (Lipinski definition) is 1. The minimum absolute atomic E-state index is 0.0454. The normalized spacial score (nSPS) is 34.5. The number of carbonyl (C=O) groups excluding carboxylic acids is 3. The fourth-order valence-electron chi connectivity index (χ4n) is 7.32. The lowest BCUT2D eigenvalue weighted by Gasteiger charge is -2.43. The molecule has 0 aromatic carbocycles. The SMILES string of the molecule is C=CCOC(=O)[C@H]1[C@H]2C(=O)N([C@@H](CO)C(C)C)C(C(=O)N(CC=C)C3CCCCC3)C23CC[C@]1(C)S3. The largest absolute Gasteiger partial charge is 0.461 e. The van der Waals surface area contributed by atoms with Crippen LogP contribution in [0.5, 0.6) is 0 Å². The fraction of sp³-hybridized carbons (Fsp3) is 0.750. The van der Waals surface area contributed by atoms with Crippen LogP contribution in [-0.4, -0.2) is 80.1 Å². The Morgan fingerprint density at radius 3 is 2.50 bits per heavy atom. The van der Waals surface area contributed by atoms with Crippen molar-refractivity contribution >= 4 is 29.5 Å². The Hall–Kier alpha value is -1.80. The summed E-state index contributed by atoms with van der Waals surface area (Å²) < 4.78 is 4.31. The number of ether oxygens (including phenoxy) is 1. The van der Waals surface area contributed by atoms with Crippen LogP contribution in [0.25, 0.3) is 0 Å². The molecular weight excluding hydrogens is 476 g/mol. The van der Waals surface area contributed by atoms with Crippen molar-refractivity contribution in [3.05, 3.63) is 25.3 Å². The van der Waals surface area contributed by atoms with Crippen LogP contribution in [0.3, 0.4) is 0 Å². The summed E-state index contributed by atoms with van der Waals surface area (Å²) in [7, 11) is 0. The van der Waals surface area contributed by atoms with Crippen molar-refractivity contribution in [2.24, 2.45) is 17.8 Å². The van der Waals surface area contributed by atoms with Crippen molar-refractivity contribution in [2.75, 3.05) is 19.8 Å². The Bertz CT molecular complexity index is 902. The minimum atomic E-state index is -0.722. The topological polar surface area (TPSA) is 87.1 Å². The van der Waals surface area contributed by atoms with Crippen molar-refractivity contribution in [3.63, 3.8) is 0 Å². The third-order valence-electron chi connectivity index (χ3n) is 8.98. The van der Waals surface area contributed by atoms with E-state index in [1.807, 2.05) is 25.7 Å². The predicted molar refractivity (Wildman–Crippen MR) is 141 cm³/mol. The predicted octanol–water partition coefficient (Wildman–Crippen LogP) is 3.56. The zero-order valence-electron chi connectivity index (χ0n) is 22.0. The molecule has 4 fully saturated rings. The monoisotopic (exact) mass is 518 g/mol. The molecule has 36 heavy (non-hydrogen) atoms. The van der Waals surface area contributed by atoms with Gasteiger partial charge in [0.2, 0.25) is 11.8 Å². The summed E-state index contributed by atoms with van der Waals surface area (Å²) >= 11 is 1.64. The highest BCUT2D eigenvalue weighted by Crippen LogP contribution is 2.72. The molecule has 0 aromatic heterocycles. The van der Waals surface area contributed by atoms with Gasteiger partial charge in [0, 0.05) is 17.3 Å². The van der Waals surface area contributed by atoms with E-state index in [1.165, 1.54) is 12.5 Å². The second kappa shape index (κ2) is 10.5. The molecular formula is C28H42N2O5S. The molecule has 1 N–H and O–H groups in total. The number of aliphatic hydroxyl groups is 1. The summed E-state index contributed by atoms with van der Waals surface area (Å²) in [6.07, 6.45) is 9.97. The number of thioether (sulfide) groups is 1. The van der Waals surface area contributed by atoms with Crippen LogP contribution in [0.15, 0.2) is 25.3 Å². The van der Waals surface area contributed by atoms with E-state index in [0.717, 1.165) is 32.1 Å². The number of amides is 2. The molecule has 2 bridgehead atoms. The molecule has 3 aliphatic heterocycles. The highest BCUT2D eigenvalue weighted by molar-refractivity contribution is 8.02. The number of nitrogens with zero attached hydrogens (tertiary/aromatic N) is 2. The molecule has 1 aliphatic carbocycles. The van der Waals surface area contributed by atoms with Gasteiger partial charge < -0.3 is 19.6 Å². The molecule has 4 rings (SSSR count). The molecule has 2 unspecified atom stereocenters. The Morgan fingerprint density at radius 2 is 1.92 bits per heavy atom. The minimum Gasteiger partial charge on any atom is -0.461 e. The van der Waals surface area contributed by atoms with Gasteiger partial charge in [-0.1, -0.05) is 51.8 Å². The number of likely N-dealkylation sites (tertiary alicyclic amines) is 1. The second-order valence-electron chi connectivity index (χ2n) is 11.5. The molecule has 4 aliphatic rings. The fourth-order valence-corrected chi connectivity index (χ4v) is 9.64. The molecule has 8 heteroatoms. The van der Waals surface area contributed by atoms with Crippen molar-refractivity contribution in [1.29, 1.82) is 0 Å². The first kappa shape index (κ1) is 27.2. The maximum absolute atomic E-state index is 14.6. The maximum Gasteiger partial charge on any atom is 0.311 e. The lowest BCUT2D eigenvalue weighted by Crippen LogP contribution is -2.60. The van der Waals surface area contributed by atoms with Crippen LogP contribution in [0.1, 0.15) is 65.7 Å². The van der Waals surface area contributed by atoms with Crippen LogP contribution in [0, 0.1) is 17.8 Å². The van der Waals surface area contributed by atoms with Crippen LogP contribution < -0.4 is 0 Å². The summed E-state index contributed by atoms with van der Waals surface area (Å²) in [5.41, 5.74) is 0. The van der Waals surface area contributed by atoms with Gasteiger partial charge in [-0.05, 0) is 38.5 Å². The summed E-state index contributed by atoms with van der Waals surface area (Å²) in [6.45, 7) is 13.8. The molecule has 0 aromatic rings. The number of rotatable bonds is 10. The molecule has 1 spiro atoms. The van der Waals surface area contributed by atoms with Gasteiger partial charge in [0.25, 0.3) is 0 Å². The summed E-state index contributed by atoms with van der Waals surface area (Å²) in [6, 6.07) is -1.10.